The Labute approximate surface area is 75.4 Å². The predicted octanol–water partition coefficient (Wildman–Crippen LogP) is -1.12. The summed E-state index contributed by atoms with van der Waals surface area (Å²) in [5, 5.41) is 0. The van der Waals surface area contributed by atoms with Crippen LogP contribution in [0.4, 0.5) is 0 Å². The van der Waals surface area contributed by atoms with Gasteiger partial charge in [0, 0.05) is 0 Å². The van der Waals surface area contributed by atoms with Crippen molar-refractivity contribution in [3.63, 3.8) is 0 Å². The van der Waals surface area contributed by atoms with Crippen molar-refractivity contribution in [1.29, 1.82) is 0 Å². The predicted molar refractivity (Wildman–Crippen MR) is 40.8 cm³/mol. The van der Waals surface area contributed by atoms with Crippen LogP contribution in [0.2, 0.25) is 0 Å². The molecule has 3 heteroatoms. The zero-order valence-electron chi connectivity index (χ0n) is 6.13. The van der Waals surface area contributed by atoms with E-state index in [4.69, 9.17) is 0 Å². The van der Waals surface area contributed by atoms with E-state index in [1.54, 1.807) is 0 Å². The summed E-state index contributed by atoms with van der Waals surface area (Å²) in [4.78, 5) is 7.40. The Kier molecular flexibility index (Phi) is 2.29. The summed E-state index contributed by atoms with van der Waals surface area (Å²) in [6.07, 6.45) is 0. The van der Waals surface area contributed by atoms with E-state index in [0.29, 0.717) is 0 Å². The molecule has 1 aromatic carbocycles. The Morgan fingerprint density at radius 2 is 2.00 bits per heavy atom. The van der Waals surface area contributed by atoms with Crippen molar-refractivity contribution in [3.05, 3.63) is 30.1 Å². The number of nitrogens with zero attached hydrogens (tertiary/aromatic N) is 1. The van der Waals surface area contributed by atoms with Crippen LogP contribution in [0.25, 0.3) is 11.0 Å². The number of para-hydroxylation sites is 2. The van der Waals surface area contributed by atoms with Crippen LogP contribution >= 0.6 is 0 Å². The molecule has 0 atom stereocenters. The number of nitrogens with one attached hydrogen (secondary N) is 1. The first kappa shape index (κ1) is 8.27. The molecule has 0 spiro atoms. The Morgan fingerprint density at radius 3 is 2.73 bits per heavy atom. The highest BCUT2D eigenvalue weighted by Crippen LogP contribution is 2.08. The molecule has 1 N–H and O–H groups in total. The van der Waals surface area contributed by atoms with Crippen molar-refractivity contribution < 1.29 is 17.0 Å². The number of benzene rings is 1. The highest BCUT2D eigenvalue weighted by atomic mass is 79.9. The van der Waals surface area contributed by atoms with Crippen molar-refractivity contribution in [2.75, 3.05) is 0 Å². The van der Waals surface area contributed by atoms with Gasteiger partial charge in [0.25, 0.3) is 0 Å². The number of halogens is 1. The van der Waals surface area contributed by atoms with Gasteiger partial charge in [-0.3, -0.25) is 0 Å². The lowest BCUT2D eigenvalue weighted by Gasteiger charge is -1.81. The molecule has 1 aromatic heterocycles. The van der Waals surface area contributed by atoms with Gasteiger partial charge in [0.1, 0.15) is 5.82 Å². The average Bonchev–Trinajstić information content (AvgIpc) is 2.27. The van der Waals surface area contributed by atoms with E-state index in [2.05, 4.69) is 9.97 Å². The van der Waals surface area contributed by atoms with Crippen molar-refractivity contribution in [1.82, 2.24) is 9.97 Å². The molecule has 1 heterocycles. The summed E-state index contributed by atoms with van der Waals surface area (Å²) in [5.74, 6) is 0.973. The fourth-order valence-corrected chi connectivity index (χ4v) is 1.08. The van der Waals surface area contributed by atoms with Crippen LogP contribution in [0.5, 0.6) is 0 Å². The lowest BCUT2D eigenvalue weighted by atomic mass is 10.3. The number of imidazole rings is 1. The van der Waals surface area contributed by atoms with Crippen LogP contribution in [0.1, 0.15) is 5.82 Å². The molecule has 0 bridgehead atoms. The van der Waals surface area contributed by atoms with Gasteiger partial charge in [-0.25, -0.2) is 4.98 Å². The largest absolute Gasteiger partial charge is 1.00 e. The fraction of sp³-hybridized carbons (Fsp3) is 0.125. The molecule has 0 aliphatic heterocycles. The van der Waals surface area contributed by atoms with Crippen LogP contribution < -0.4 is 17.0 Å². The van der Waals surface area contributed by atoms with Crippen molar-refractivity contribution in [2.24, 2.45) is 0 Å². The number of aromatic amines is 1. The minimum absolute atomic E-state index is 0. The molecule has 0 amide bonds. The molecule has 11 heavy (non-hydrogen) atoms. The zero-order chi connectivity index (χ0) is 6.97. The van der Waals surface area contributed by atoms with E-state index in [0.717, 1.165) is 16.9 Å². The number of aromatic nitrogens is 2. The molecule has 0 unspecified atom stereocenters. The molecule has 0 aliphatic carbocycles. The number of fused-ring (bicyclic) bond motifs is 1. The Morgan fingerprint density at radius 1 is 1.27 bits per heavy atom. The molecule has 2 rings (SSSR count). The molecule has 0 radical (unpaired) electrons. The standard InChI is InChI=1S/C8H8N2.BrH/c1-6-9-7-4-2-3-5-8(7)10-6;/h2-5H,1H3,(H,9,10);1H/p-1. The van der Waals surface area contributed by atoms with Crippen LogP contribution in [0, 0.1) is 6.92 Å². The topological polar surface area (TPSA) is 28.7 Å². The highest BCUT2D eigenvalue weighted by Gasteiger charge is 1.93. The third-order valence-corrected chi connectivity index (χ3v) is 1.51. The second-order valence-corrected chi connectivity index (χ2v) is 2.34. The Bertz CT molecular complexity index is 321. The molecule has 2 aromatic rings. The minimum atomic E-state index is 0. The molecular weight excluding hydrogens is 204 g/mol. The molecule has 2 nitrogen and oxygen atoms in total. The lowest BCUT2D eigenvalue weighted by Crippen LogP contribution is -3.00. The van der Waals surface area contributed by atoms with E-state index < -0.39 is 0 Å². The van der Waals surface area contributed by atoms with Crippen LogP contribution in [0.15, 0.2) is 24.3 Å². The summed E-state index contributed by atoms with van der Waals surface area (Å²) in [5.41, 5.74) is 2.15. The van der Waals surface area contributed by atoms with Crippen molar-refractivity contribution in [3.8, 4) is 0 Å². The Balaban J connectivity index is 0.000000605. The first-order chi connectivity index (χ1) is 4.86. The van der Waals surface area contributed by atoms with Crippen molar-refractivity contribution >= 4 is 11.0 Å². The molecule has 0 saturated carbocycles. The van der Waals surface area contributed by atoms with E-state index in [1.165, 1.54) is 0 Å². The summed E-state index contributed by atoms with van der Waals surface area (Å²) in [6.45, 7) is 1.96. The summed E-state index contributed by atoms with van der Waals surface area (Å²) < 4.78 is 0. The summed E-state index contributed by atoms with van der Waals surface area (Å²) in [7, 11) is 0. The minimum Gasteiger partial charge on any atom is -1.00 e. The Hall–Kier alpha value is -0.830. The van der Waals surface area contributed by atoms with Gasteiger partial charge >= 0.3 is 0 Å². The maximum atomic E-state index is 4.26. The van der Waals surface area contributed by atoms with E-state index >= 15 is 0 Å². The summed E-state index contributed by atoms with van der Waals surface area (Å²) >= 11 is 0. The molecule has 0 saturated heterocycles. The number of H-pyrrole nitrogens is 1. The van der Waals surface area contributed by atoms with Gasteiger partial charge in [-0.1, -0.05) is 12.1 Å². The van der Waals surface area contributed by atoms with Crippen molar-refractivity contribution in [2.45, 2.75) is 6.92 Å². The van der Waals surface area contributed by atoms with Gasteiger partial charge in [0.2, 0.25) is 0 Å². The van der Waals surface area contributed by atoms with E-state index in [1.807, 2.05) is 31.2 Å². The monoisotopic (exact) mass is 211 g/mol. The third-order valence-electron chi connectivity index (χ3n) is 1.51. The van der Waals surface area contributed by atoms with Gasteiger partial charge < -0.3 is 22.0 Å². The number of hydrogen-bond donors (Lipinski definition) is 1. The number of rotatable bonds is 0. The maximum absolute atomic E-state index is 4.26. The van der Waals surface area contributed by atoms with Gasteiger partial charge in [-0.2, -0.15) is 0 Å². The average molecular weight is 212 g/mol. The van der Waals surface area contributed by atoms with Gasteiger partial charge in [0.05, 0.1) is 11.0 Å². The smallest absolute Gasteiger partial charge is 0.104 e. The molecule has 0 aliphatic rings. The van der Waals surface area contributed by atoms with E-state index in [9.17, 15) is 0 Å². The zero-order valence-corrected chi connectivity index (χ0v) is 7.72. The second kappa shape index (κ2) is 3.05. The van der Waals surface area contributed by atoms with Crippen LogP contribution in [0.3, 0.4) is 0 Å². The van der Waals surface area contributed by atoms with Gasteiger partial charge in [0.15, 0.2) is 0 Å². The normalized spacial score (nSPS) is 9.55. The van der Waals surface area contributed by atoms with Crippen LogP contribution in [-0.2, 0) is 0 Å². The maximum Gasteiger partial charge on any atom is 0.104 e. The first-order valence-corrected chi connectivity index (χ1v) is 3.27. The lowest BCUT2D eigenvalue weighted by molar-refractivity contribution is -0.00000228. The summed E-state index contributed by atoms with van der Waals surface area (Å²) in [6, 6.07) is 8.01. The van der Waals surface area contributed by atoms with Gasteiger partial charge in [-0.05, 0) is 19.1 Å². The number of hydrogen-bond acceptors (Lipinski definition) is 1. The van der Waals surface area contributed by atoms with Crippen LogP contribution in [-0.4, -0.2) is 9.97 Å². The first-order valence-electron chi connectivity index (χ1n) is 3.27. The quantitative estimate of drug-likeness (QED) is 0.588. The fourth-order valence-electron chi connectivity index (χ4n) is 1.08. The molecular formula is C8H8BrN2-. The van der Waals surface area contributed by atoms with E-state index in [-0.39, 0.29) is 17.0 Å². The highest BCUT2D eigenvalue weighted by molar-refractivity contribution is 5.74. The third kappa shape index (κ3) is 1.43. The SMILES string of the molecule is Cc1nc2ccccc2[nH]1.[Br-]. The number of aryl methyl sites for hydroxylation is 1. The second-order valence-electron chi connectivity index (χ2n) is 2.34. The molecule has 58 valence electrons. The van der Waals surface area contributed by atoms with Gasteiger partial charge in [-0.15, -0.1) is 0 Å². The molecule has 0 fully saturated rings.